The summed E-state index contributed by atoms with van der Waals surface area (Å²) in [6.07, 6.45) is 32.8. The van der Waals surface area contributed by atoms with Crippen LogP contribution in [0.5, 0.6) is 0 Å². The highest BCUT2D eigenvalue weighted by Crippen LogP contribution is 2.22. The molecule has 1 amide bonds. The number of aliphatic hydroxyl groups excluding tert-OH is 1. The smallest absolute Gasteiger partial charge is 0.220 e. The molecule has 0 bridgehead atoms. The second kappa shape index (κ2) is 34.3. The Morgan fingerprint density at radius 2 is 0.906 bits per heavy atom. The summed E-state index contributed by atoms with van der Waals surface area (Å²) in [4.78, 5) is 13.2. The molecule has 5 nitrogen and oxygen atoms in total. The third-order valence-corrected chi connectivity index (χ3v) is 10.7. The number of carbonyl (C=O) groups excluding carboxylic acids is 1. The molecular weight excluding hydrogens is 655 g/mol. The van der Waals surface area contributed by atoms with Gasteiger partial charge in [0, 0.05) is 6.42 Å². The zero-order chi connectivity index (χ0) is 37.9. The van der Waals surface area contributed by atoms with Crippen LogP contribution in [0.1, 0.15) is 198 Å². The van der Waals surface area contributed by atoms with Crippen LogP contribution in [0.3, 0.4) is 0 Å². The average Bonchev–Trinajstić information content (AvgIpc) is 3.19. The van der Waals surface area contributed by atoms with Gasteiger partial charge in [-0.15, -0.1) is 0 Å². The minimum atomic E-state index is -0.536. The minimum absolute atomic E-state index is 0.00685. The lowest BCUT2D eigenvalue weighted by atomic mass is 9.98. The molecule has 53 heavy (non-hydrogen) atoms. The standard InChI is InChI=1S/C48H81NO4/c1-3-5-7-9-11-13-15-17-19-21-23-25-33-39-47(51)49-45(40-50)48(53-42-44-36-30-27-31-37-44)46(52-41-43-34-28-26-29-35-43)38-32-24-22-20-18-16-14-12-10-8-6-4-2/h26-31,34-37,45-46,48,50H,3-25,32-33,38-42H2,1-2H3,(H,49,51)/t45-,46+,48-/m0/s1. The average molecular weight is 736 g/mol. The van der Waals surface area contributed by atoms with Gasteiger partial charge in [-0.05, 0) is 24.0 Å². The number of unbranched alkanes of at least 4 members (excludes halogenated alkanes) is 23. The number of hydrogen-bond donors (Lipinski definition) is 2. The van der Waals surface area contributed by atoms with Gasteiger partial charge in [-0.3, -0.25) is 4.79 Å². The first-order valence-corrected chi connectivity index (χ1v) is 22.4. The van der Waals surface area contributed by atoms with E-state index in [1.54, 1.807) is 0 Å². The van der Waals surface area contributed by atoms with E-state index in [4.69, 9.17) is 9.47 Å². The number of ether oxygens (including phenoxy) is 2. The number of aliphatic hydroxyl groups is 1. The van der Waals surface area contributed by atoms with Crippen molar-refractivity contribution in [1.82, 2.24) is 5.32 Å². The number of benzene rings is 2. The van der Waals surface area contributed by atoms with E-state index >= 15 is 0 Å². The summed E-state index contributed by atoms with van der Waals surface area (Å²) in [7, 11) is 0. The molecule has 0 saturated heterocycles. The highest BCUT2D eigenvalue weighted by atomic mass is 16.5. The number of rotatable bonds is 37. The van der Waals surface area contributed by atoms with E-state index in [1.807, 2.05) is 36.4 Å². The van der Waals surface area contributed by atoms with Gasteiger partial charge in [0.2, 0.25) is 5.91 Å². The van der Waals surface area contributed by atoms with Crippen molar-refractivity contribution in [1.29, 1.82) is 0 Å². The zero-order valence-corrected chi connectivity index (χ0v) is 34.4. The van der Waals surface area contributed by atoms with Crippen LogP contribution in [-0.2, 0) is 27.5 Å². The molecule has 2 rings (SSSR count). The maximum Gasteiger partial charge on any atom is 0.220 e. The summed E-state index contributed by atoms with van der Waals surface area (Å²) < 4.78 is 13.3. The van der Waals surface area contributed by atoms with Gasteiger partial charge in [0.15, 0.2) is 0 Å². The first kappa shape index (κ1) is 46.9. The van der Waals surface area contributed by atoms with Crippen LogP contribution in [-0.4, -0.2) is 35.9 Å². The summed E-state index contributed by atoms with van der Waals surface area (Å²) >= 11 is 0. The summed E-state index contributed by atoms with van der Waals surface area (Å²) in [5.41, 5.74) is 2.18. The van der Waals surface area contributed by atoms with Gasteiger partial charge in [-0.2, -0.15) is 0 Å². The van der Waals surface area contributed by atoms with Crippen molar-refractivity contribution < 1.29 is 19.4 Å². The molecule has 302 valence electrons. The van der Waals surface area contributed by atoms with Crippen molar-refractivity contribution in [3.05, 3.63) is 71.8 Å². The fourth-order valence-corrected chi connectivity index (χ4v) is 7.37. The van der Waals surface area contributed by atoms with Crippen molar-refractivity contribution in [2.45, 2.75) is 219 Å². The fourth-order valence-electron chi connectivity index (χ4n) is 7.37. The van der Waals surface area contributed by atoms with Gasteiger partial charge >= 0.3 is 0 Å². The second-order valence-corrected chi connectivity index (χ2v) is 15.6. The number of amides is 1. The normalized spacial score (nSPS) is 13.2. The molecule has 0 heterocycles. The molecule has 2 N–H and O–H groups in total. The number of hydrogen-bond acceptors (Lipinski definition) is 4. The van der Waals surface area contributed by atoms with E-state index in [2.05, 4.69) is 43.4 Å². The van der Waals surface area contributed by atoms with Gasteiger partial charge in [-0.1, -0.05) is 229 Å². The van der Waals surface area contributed by atoms with Crippen LogP contribution in [0.2, 0.25) is 0 Å². The molecule has 5 heteroatoms. The summed E-state index contributed by atoms with van der Waals surface area (Å²) in [5.74, 6) is -0.00685. The molecule has 0 fully saturated rings. The lowest BCUT2D eigenvalue weighted by Crippen LogP contribution is -2.52. The number of nitrogens with one attached hydrogen (secondary N) is 1. The Kier molecular flexibility index (Phi) is 30.4. The molecule has 0 aromatic heterocycles. The molecule has 0 spiro atoms. The van der Waals surface area contributed by atoms with E-state index in [0.29, 0.717) is 19.6 Å². The highest BCUT2D eigenvalue weighted by Gasteiger charge is 2.32. The Labute approximate surface area is 326 Å². The third kappa shape index (κ3) is 25.5. The summed E-state index contributed by atoms with van der Waals surface area (Å²) in [6.45, 7) is 5.24. The van der Waals surface area contributed by atoms with Crippen LogP contribution in [0, 0.1) is 0 Å². The molecule has 0 aliphatic heterocycles. The Balaban J connectivity index is 1.88. The predicted octanol–water partition coefficient (Wildman–Crippen LogP) is 13.2. The molecule has 0 saturated carbocycles. The first-order valence-electron chi connectivity index (χ1n) is 22.4. The summed E-state index contributed by atoms with van der Waals surface area (Å²) in [5, 5.41) is 13.9. The van der Waals surface area contributed by atoms with Crippen LogP contribution in [0.25, 0.3) is 0 Å². The lowest BCUT2D eigenvalue weighted by molar-refractivity contribution is -0.130. The SMILES string of the molecule is CCCCCCCCCCCCCCCC(=O)N[C@@H](CO)[C@H](OCc1ccccc1)[C@@H](CCCCCCCCCCCCCC)OCc1ccccc1. The van der Waals surface area contributed by atoms with E-state index in [-0.39, 0.29) is 18.6 Å². The lowest BCUT2D eigenvalue weighted by Gasteiger charge is -2.33. The summed E-state index contributed by atoms with van der Waals surface area (Å²) in [6, 6.07) is 19.9. The molecule has 0 aliphatic rings. The fraction of sp³-hybridized carbons (Fsp3) is 0.729. The van der Waals surface area contributed by atoms with E-state index in [1.165, 1.54) is 135 Å². The first-order chi connectivity index (χ1) is 26.2. The van der Waals surface area contributed by atoms with Crippen molar-refractivity contribution in [3.63, 3.8) is 0 Å². The third-order valence-electron chi connectivity index (χ3n) is 10.7. The molecule has 2 aromatic carbocycles. The Morgan fingerprint density at radius 3 is 1.32 bits per heavy atom. The van der Waals surface area contributed by atoms with Crippen molar-refractivity contribution in [3.8, 4) is 0 Å². The predicted molar refractivity (Wildman–Crippen MR) is 225 cm³/mol. The van der Waals surface area contributed by atoms with Gasteiger partial charge < -0.3 is 19.9 Å². The van der Waals surface area contributed by atoms with E-state index < -0.39 is 12.1 Å². The van der Waals surface area contributed by atoms with Crippen LogP contribution >= 0.6 is 0 Å². The van der Waals surface area contributed by atoms with Gasteiger partial charge in [0.05, 0.1) is 32.0 Å². The molecule has 2 aromatic rings. The maximum absolute atomic E-state index is 13.2. The maximum atomic E-state index is 13.2. The molecule has 0 radical (unpaired) electrons. The highest BCUT2D eigenvalue weighted by molar-refractivity contribution is 5.76. The van der Waals surface area contributed by atoms with Crippen molar-refractivity contribution in [2.24, 2.45) is 0 Å². The Hall–Kier alpha value is -2.21. The van der Waals surface area contributed by atoms with Crippen molar-refractivity contribution in [2.75, 3.05) is 6.61 Å². The van der Waals surface area contributed by atoms with Crippen LogP contribution in [0.4, 0.5) is 0 Å². The molecule has 0 unspecified atom stereocenters. The second-order valence-electron chi connectivity index (χ2n) is 15.6. The van der Waals surface area contributed by atoms with E-state index in [0.717, 1.165) is 43.2 Å². The van der Waals surface area contributed by atoms with E-state index in [9.17, 15) is 9.90 Å². The Morgan fingerprint density at radius 1 is 0.528 bits per heavy atom. The van der Waals surface area contributed by atoms with Crippen LogP contribution in [0.15, 0.2) is 60.7 Å². The minimum Gasteiger partial charge on any atom is -0.394 e. The van der Waals surface area contributed by atoms with Crippen LogP contribution < -0.4 is 5.32 Å². The topological polar surface area (TPSA) is 67.8 Å². The van der Waals surface area contributed by atoms with Crippen molar-refractivity contribution >= 4 is 5.91 Å². The largest absolute Gasteiger partial charge is 0.394 e. The monoisotopic (exact) mass is 736 g/mol. The Bertz CT molecular complexity index is 1060. The molecule has 3 atom stereocenters. The quantitative estimate of drug-likeness (QED) is 0.0678. The zero-order valence-electron chi connectivity index (χ0n) is 34.4. The molecular formula is C48H81NO4. The number of carbonyl (C=O) groups is 1. The van der Waals surface area contributed by atoms with Gasteiger partial charge in [-0.25, -0.2) is 0 Å². The van der Waals surface area contributed by atoms with Gasteiger partial charge in [0.1, 0.15) is 6.10 Å². The van der Waals surface area contributed by atoms with Gasteiger partial charge in [0.25, 0.3) is 0 Å². The molecule has 0 aliphatic carbocycles.